The van der Waals surface area contributed by atoms with Gasteiger partial charge in [-0.25, -0.2) is 0 Å². The fraction of sp³-hybridized carbons (Fsp3) is 0.538. The highest BCUT2D eigenvalue weighted by Crippen LogP contribution is 2.43. The van der Waals surface area contributed by atoms with Crippen LogP contribution in [0.5, 0.6) is 17.2 Å². The molecular formula is C13H17NO3. The van der Waals surface area contributed by atoms with Crippen molar-refractivity contribution in [3.05, 3.63) is 17.7 Å². The third-order valence-electron chi connectivity index (χ3n) is 3.45. The predicted molar refractivity (Wildman–Crippen MR) is 64.0 cm³/mol. The summed E-state index contributed by atoms with van der Waals surface area (Å²) in [6, 6.07) is 4.16. The Hall–Kier alpha value is -1.42. The lowest BCUT2D eigenvalue weighted by molar-refractivity contribution is 0.171. The molecule has 1 aromatic carbocycles. The van der Waals surface area contributed by atoms with Crippen LogP contribution in [0.25, 0.3) is 0 Å². The Bertz CT molecular complexity index is 413. The zero-order chi connectivity index (χ0) is 11.7. The Kier molecular flexibility index (Phi) is 2.81. The lowest BCUT2D eigenvalue weighted by atomic mass is 9.91. The Labute approximate surface area is 101 Å². The Morgan fingerprint density at radius 1 is 1.35 bits per heavy atom. The van der Waals surface area contributed by atoms with Crippen LogP contribution in [0.1, 0.15) is 24.3 Å². The number of ether oxygens (including phenoxy) is 3. The van der Waals surface area contributed by atoms with Gasteiger partial charge in [-0.05, 0) is 43.0 Å². The largest absolute Gasteiger partial charge is 0.493 e. The second-order valence-corrected chi connectivity index (χ2v) is 4.50. The first kappa shape index (κ1) is 10.7. The van der Waals surface area contributed by atoms with E-state index in [1.54, 1.807) is 7.11 Å². The molecule has 1 saturated heterocycles. The first-order chi connectivity index (χ1) is 8.38. The highest BCUT2D eigenvalue weighted by atomic mass is 16.7. The molecule has 1 atom stereocenters. The third kappa shape index (κ3) is 1.93. The Morgan fingerprint density at radius 3 is 3.06 bits per heavy atom. The summed E-state index contributed by atoms with van der Waals surface area (Å²) in [5.74, 6) is 2.87. The van der Waals surface area contributed by atoms with Crippen molar-refractivity contribution in [3.8, 4) is 17.2 Å². The molecule has 2 aliphatic heterocycles. The molecule has 17 heavy (non-hydrogen) atoms. The third-order valence-corrected chi connectivity index (χ3v) is 3.45. The molecule has 4 heteroatoms. The minimum atomic E-state index is 0.290. The fourth-order valence-corrected chi connectivity index (χ4v) is 2.52. The summed E-state index contributed by atoms with van der Waals surface area (Å²) in [6.07, 6.45) is 2.44. The van der Waals surface area contributed by atoms with Crippen molar-refractivity contribution in [1.82, 2.24) is 5.32 Å². The zero-order valence-electron chi connectivity index (χ0n) is 9.99. The van der Waals surface area contributed by atoms with Gasteiger partial charge in [0, 0.05) is 6.54 Å². The molecule has 1 aromatic rings. The van der Waals surface area contributed by atoms with E-state index in [9.17, 15) is 0 Å². The summed E-state index contributed by atoms with van der Waals surface area (Å²) in [6.45, 7) is 2.44. The molecule has 2 heterocycles. The number of hydrogen-bond acceptors (Lipinski definition) is 4. The lowest BCUT2D eigenvalue weighted by Crippen LogP contribution is -2.28. The second kappa shape index (κ2) is 4.45. The molecule has 92 valence electrons. The summed E-state index contributed by atoms with van der Waals surface area (Å²) in [5.41, 5.74) is 1.28. The normalized spacial score (nSPS) is 22.5. The van der Waals surface area contributed by atoms with E-state index < -0.39 is 0 Å². The van der Waals surface area contributed by atoms with Gasteiger partial charge in [0.1, 0.15) is 0 Å². The van der Waals surface area contributed by atoms with Crippen molar-refractivity contribution in [3.63, 3.8) is 0 Å². The maximum Gasteiger partial charge on any atom is 0.231 e. The summed E-state index contributed by atoms with van der Waals surface area (Å²) < 4.78 is 16.2. The summed E-state index contributed by atoms with van der Waals surface area (Å²) >= 11 is 0. The van der Waals surface area contributed by atoms with Crippen LogP contribution in [0, 0.1) is 0 Å². The minimum absolute atomic E-state index is 0.290. The number of rotatable bonds is 2. The SMILES string of the molecule is COc1cc(C2CCCNC2)cc2c1OCO2. The number of nitrogens with one attached hydrogen (secondary N) is 1. The first-order valence-corrected chi connectivity index (χ1v) is 6.06. The number of benzene rings is 1. The first-order valence-electron chi connectivity index (χ1n) is 6.06. The summed E-state index contributed by atoms with van der Waals surface area (Å²) in [7, 11) is 1.67. The smallest absolute Gasteiger partial charge is 0.231 e. The molecule has 0 aliphatic carbocycles. The fourth-order valence-electron chi connectivity index (χ4n) is 2.52. The topological polar surface area (TPSA) is 39.7 Å². The Morgan fingerprint density at radius 2 is 2.29 bits per heavy atom. The van der Waals surface area contributed by atoms with Crippen molar-refractivity contribution in [2.75, 3.05) is 27.0 Å². The van der Waals surface area contributed by atoms with Gasteiger partial charge in [0.2, 0.25) is 12.5 Å². The van der Waals surface area contributed by atoms with Crippen LogP contribution in [0.15, 0.2) is 12.1 Å². The second-order valence-electron chi connectivity index (χ2n) is 4.50. The van der Waals surface area contributed by atoms with E-state index >= 15 is 0 Å². The van der Waals surface area contributed by atoms with Crippen LogP contribution < -0.4 is 19.5 Å². The van der Waals surface area contributed by atoms with Crippen LogP contribution in [0.3, 0.4) is 0 Å². The van der Waals surface area contributed by atoms with Crippen molar-refractivity contribution < 1.29 is 14.2 Å². The minimum Gasteiger partial charge on any atom is -0.493 e. The maximum absolute atomic E-state index is 5.45. The molecule has 0 aromatic heterocycles. The predicted octanol–water partition coefficient (Wildman–Crippen LogP) is 1.89. The van der Waals surface area contributed by atoms with Gasteiger partial charge >= 0.3 is 0 Å². The van der Waals surface area contributed by atoms with E-state index in [0.717, 1.165) is 30.3 Å². The standard InChI is InChI=1S/C13H17NO3/c1-15-11-5-10(9-3-2-4-14-7-9)6-12-13(11)17-8-16-12/h5-6,9,14H,2-4,7-8H2,1H3. The van der Waals surface area contributed by atoms with Crippen LogP contribution in [-0.4, -0.2) is 27.0 Å². The molecule has 1 fully saturated rings. The van der Waals surface area contributed by atoms with Gasteiger partial charge in [-0.1, -0.05) is 0 Å². The van der Waals surface area contributed by atoms with E-state index in [1.165, 1.54) is 18.4 Å². The number of hydrogen-bond donors (Lipinski definition) is 1. The van der Waals surface area contributed by atoms with E-state index in [4.69, 9.17) is 14.2 Å². The highest BCUT2D eigenvalue weighted by Gasteiger charge is 2.23. The van der Waals surface area contributed by atoms with Gasteiger partial charge in [0.15, 0.2) is 11.5 Å². The van der Waals surface area contributed by atoms with Crippen LogP contribution in [0.4, 0.5) is 0 Å². The molecule has 4 nitrogen and oxygen atoms in total. The quantitative estimate of drug-likeness (QED) is 0.849. The molecule has 1 unspecified atom stereocenters. The Balaban J connectivity index is 1.94. The average Bonchev–Trinajstić information content (AvgIpc) is 2.86. The van der Waals surface area contributed by atoms with E-state index in [2.05, 4.69) is 17.4 Å². The van der Waals surface area contributed by atoms with Gasteiger partial charge in [-0.15, -0.1) is 0 Å². The maximum atomic E-state index is 5.45. The van der Waals surface area contributed by atoms with Crippen LogP contribution >= 0.6 is 0 Å². The van der Waals surface area contributed by atoms with E-state index in [1.807, 2.05) is 0 Å². The number of methoxy groups -OCH3 is 1. The van der Waals surface area contributed by atoms with E-state index in [0.29, 0.717) is 5.92 Å². The van der Waals surface area contributed by atoms with Crippen molar-refractivity contribution in [2.45, 2.75) is 18.8 Å². The van der Waals surface area contributed by atoms with Crippen molar-refractivity contribution in [2.24, 2.45) is 0 Å². The van der Waals surface area contributed by atoms with Gasteiger partial charge in [0.25, 0.3) is 0 Å². The molecule has 1 N–H and O–H groups in total. The molecule has 2 aliphatic rings. The molecule has 0 bridgehead atoms. The monoisotopic (exact) mass is 235 g/mol. The van der Waals surface area contributed by atoms with Crippen molar-refractivity contribution in [1.29, 1.82) is 0 Å². The zero-order valence-corrected chi connectivity index (χ0v) is 9.99. The van der Waals surface area contributed by atoms with Gasteiger partial charge in [0.05, 0.1) is 7.11 Å². The van der Waals surface area contributed by atoms with Gasteiger partial charge in [-0.2, -0.15) is 0 Å². The van der Waals surface area contributed by atoms with Crippen LogP contribution in [0.2, 0.25) is 0 Å². The molecule has 0 spiro atoms. The molecular weight excluding hydrogens is 218 g/mol. The molecule has 0 radical (unpaired) electrons. The molecule has 3 rings (SSSR count). The average molecular weight is 235 g/mol. The van der Waals surface area contributed by atoms with Crippen molar-refractivity contribution >= 4 is 0 Å². The summed E-state index contributed by atoms with van der Waals surface area (Å²) in [4.78, 5) is 0. The number of piperidine rings is 1. The number of fused-ring (bicyclic) bond motifs is 1. The van der Waals surface area contributed by atoms with Crippen LogP contribution in [-0.2, 0) is 0 Å². The lowest BCUT2D eigenvalue weighted by Gasteiger charge is -2.23. The van der Waals surface area contributed by atoms with E-state index in [-0.39, 0.29) is 6.79 Å². The van der Waals surface area contributed by atoms with Gasteiger partial charge in [-0.3, -0.25) is 0 Å². The molecule has 0 amide bonds. The summed E-state index contributed by atoms with van der Waals surface area (Å²) in [5, 5.41) is 3.43. The highest BCUT2D eigenvalue weighted by molar-refractivity contribution is 5.55. The molecule has 0 saturated carbocycles. The van der Waals surface area contributed by atoms with Gasteiger partial charge < -0.3 is 19.5 Å².